The SMILES string of the molecule is C[C@]12CC[C@H](O)CC1CC[C@@H]1[C@@H]2CC[C@]2(C)C(=O)[C@@H](I)C[C@@H]12. The predicted molar refractivity (Wildman–Crippen MR) is 95.9 cm³/mol. The summed E-state index contributed by atoms with van der Waals surface area (Å²) in [5.74, 6) is 3.45. The smallest absolute Gasteiger partial charge is 0.151 e. The maximum Gasteiger partial charge on any atom is 0.151 e. The molecule has 124 valence electrons. The molecule has 4 fully saturated rings. The van der Waals surface area contributed by atoms with E-state index in [0.29, 0.717) is 23.0 Å². The van der Waals surface area contributed by atoms with Crippen LogP contribution in [0.1, 0.15) is 65.2 Å². The summed E-state index contributed by atoms with van der Waals surface area (Å²) in [5, 5.41) is 10.1. The molecule has 4 aliphatic rings. The highest BCUT2D eigenvalue weighted by Gasteiger charge is 2.61. The Hall–Kier alpha value is 0.360. The van der Waals surface area contributed by atoms with Crippen molar-refractivity contribution in [3.05, 3.63) is 0 Å². The Balaban J connectivity index is 1.64. The van der Waals surface area contributed by atoms with Crippen molar-refractivity contribution >= 4 is 28.4 Å². The lowest BCUT2D eigenvalue weighted by atomic mass is 9.45. The van der Waals surface area contributed by atoms with E-state index < -0.39 is 0 Å². The number of rotatable bonds is 0. The van der Waals surface area contributed by atoms with E-state index >= 15 is 0 Å². The summed E-state index contributed by atoms with van der Waals surface area (Å²) >= 11 is 2.40. The molecule has 0 saturated heterocycles. The number of fused-ring (bicyclic) bond motifs is 5. The van der Waals surface area contributed by atoms with Crippen LogP contribution < -0.4 is 0 Å². The molecule has 4 aliphatic carbocycles. The summed E-state index contributed by atoms with van der Waals surface area (Å²) in [7, 11) is 0. The second kappa shape index (κ2) is 5.18. The topological polar surface area (TPSA) is 37.3 Å². The number of carbonyl (C=O) groups excluding carboxylic acids is 1. The van der Waals surface area contributed by atoms with E-state index in [1.807, 2.05) is 0 Å². The monoisotopic (exact) mass is 416 g/mol. The molecule has 0 radical (unpaired) electrons. The molecule has 0 aromatic heterocycles. The lowest BCUT2D eigenvalue weighted by molar-refractivity contribution is -0.142. The molecule has 0 aromatic rings. The Morgan fingerprint density at radius 3 is 2.59 bits per heavy atom. The van der Waals surface area contributed by atoms with Gasteiger partial charge in [0.2, 0.25) is 0 Å². The van der Waals surface area contributed by atoms with Crippen molar-refractivity contribution in [1.82, 2.24) is 0 Å². The summed E-state index contributed by atoms with van der Waals surface area (Å²) in [6.07, 6.45) is 9.22. The molecule has 2 nitrogen and oxygen atoms in total. The van der Waals surface area contributed by atoms with Crippen molar-refractivity contribution in [1.29, 1.82) is 0 Å². The minimum absolute atomic E-state index is 0.0234. The maximum absolute atomic E-state index is 12.7. The quantitative estimate of drug-likeness (QED) is 0.470. The van der Waals surface area contributed by atoms with Crippen LogP contribution >= 0.6 is 22.6 Å². The zero-order valence-electron chi connectivity index (χ0n) is 13.9. The van der Waals surface area contributed by atoms with E-state index in [1.165, 1.54) is 25.7 Å². The van der Waals surface area contributed by atoms with Crippen LogP contribution in [0.4, 0.5) is 0 Å². The van der Waals surface area contributed by atoms with Gasteiger partial charge in [-0.25, -0.2) is 0 Å². The molecule has 4 rings (SSSR count). The molecule has 4 saturated carbocycles. The third-order valence-electron chi connectivity index (χ3n) is 8.34. The summed E-state index contributed by atoms with van der Waals surface area (Å²) < 4.78 is 0.255. The van der Waals surface area contributed by atoms with Gasteiger partial charge in [0, 0.05) is 5.41 Å². The van der Waals surface area contributed by atoms with E-state index in [2.05, 4.69) is 36.4 Å². The fourth-order valence-corrected chi connectivity index (χ4v) is 8.24. The fourth-order valence-electron chi connectivity index (χ4n) is 6.98. The highest BCUT2D eigenvalue weighted by Crippen LogP contribution is 2.65. The van der Waals surface area contributed by atoms with Gasteiger partial charge in [-0.05, 0) is 80.5 Å². The minimum atomic E-state index is -0.0599. The van der Waals surface area contributed by atoms with E-state index in [1.54, 1.807) is 0 Å². The number of hydrogen-bond donors (Lipinski definition) is 1. The molecule has 8 atom stereocenters. The lowest BCUT2D eigenvalue weighted by Crippen LogP contribution is -2.54. The second-order valence-corrected chi connectivity index (χ2v) is 10.6. The van der Waals surface area contributed by atoms with Gasteiger partial charge >= 0.3 is 0 Å². The predicted octanol–water partition coefficient (Wildman–Crippen LogP) is 4.37. The standard InChI is InChI=1S/C19H29IO2/c1-18-7-5-12(21)9-11(18)3-4-13-14(18)6-8-19(2)15(13)10-16(20)17(19)22/h11-16,21H,3-10H2,1-2H3/t11?,12-,13+,14-,15-,16-,18-,19-/m0/s1. The molecule has 1 unspecified atom stereocenters. The molecule has 0 aliphatic heterocycles. The number of ketones is 1. The van der Waals surface area contributed by atoms with Crippen molar-refractivity contribution in [3.8, 4) is 0 Å². The van der Waals surface area contributed by atoms with E-state index in [-0.39, 0.29) is 15.4 Å². The summed E-state index contributed by atoms with van der Waals surface area (Å²) in [6, 6.07) is 0. The van der Waals surface area contributed by atoms with Gasteiger partial charge in [0.15, 0.2) is 5.78 Å². The first kappa shape index (κ1) is 15.9. The molecule has 22 heavy (non-hydrogen) atoms. The Labute approximate surface area is 148 Å². The van der Waals surface area contributed by atoms with Crippen LogP contribution in [0.15, 0.2) is 0 Å². The van der Waals surface area contributed by atoms with Gasteiger partial charge in [0.25, 0.3) is 0 Å². The number of hydrogen-bond acceptors (Lipinski definition) is 2. The average Bonchev–Trinajstić information content (AvgIpc) is 2.72. The minimum Gasteiger partial charge on any atom is -0.393 e. The Kier molecular flexibility index (Phi) is 3.73. The van der Waals surface area contributed by atoms with Crippen molar-refractivity contribution in [2.45, 2.75) is 75.2 Å². The summed E-state index contributed by atoms with van der Waals surface area (Å²) in [5.41, 5.74) is 0.403. The van der Waals surface area contributed by atoms with Gasteiger partial charge in [-0.1, -0.05) is 36.4 Å². The number of carbonyl (C=O) groups is 1. The van der Waals surface area contributed by atoms with E-state index in [9.17, 15) is 9.90 Å². The number of alkyl halides is 1. The normalized spacial score (nSPS) is 57.9. The molecule has 0 spiro atoms. The molecule has 1 N–H and O–H groups in total. The van der Waals surface area contributed by atoms with Crippen LogP contribution in [0.25, 0.3) is 0 Å². The zero-order chi connectivity index (χ0) is 15.7. The fraction of sp³-hybridized carbons (Fsp3) is 0.947. The first-order chi connectivity index (χ1) is 10.4. The Bertz CT molecular complexity index is 492. The average molecular weight is 416 g/mol. The van der Waals surface area contributed by atoms with Crippen LogP contribution in [0.3, 0.4) is 0 Å². The first-order valence-corrected chi connectivity index (χ1v) is 10.5. The second-order valence-electron chi connectivity index (χ2n) is 9.11. The number of halogens is 1. The van der Waals surface area contributed by atoms with E-state index in [0.717, 1.165) is 37.5 Å². The van der Waals surface area contributed by atoms with Crippen molar-refractivity contribution in [2.24, 2.45) is 34.5 Å². The molecule has 0 heterocycles. The highest BCUT2D eigenvalue weighted by atomic mass is 127. The third kappa shape index (κ3) is 2.03. The van der Waals surface area contributed by atoms with Gasteiger partial charge in [-0.15, -0.1) is 0 Å². The van der Waals surface area contributed by atoms with Gasteiger partial charge in [-0.2, -0.15) is 0 Å². The summed E-state index contributed by atoms with van der Waals surface area (Å²) in [4.78, 5) is 12.7. The van der Waals surface area contributed by atoms with Crippen LogP contribution in [0.5, 0.6) is 0 Å². The number of aliphatic hydroxyl groups excluding tert-OH is 1. The number of aliphatic hydroxyl groups is 1. The highest BCUT2D eigenvalue weighted by molar-refractivity contribution is 14.1. The van der Waals surface area contributed by atoms with Crippen LogP contribution in [-0.2, 0) is 4.79 Å². The van der Waals surface area contributed by atoms with Gasteiger partial charge in [0.1, 0.15) is 0 Å². The van der Waals surface area contributed by atoms with Gasteiger partial charge in [0.05, 0.1) is 10.0 Å². The van der Waals surface area contributed by atoms with Crippen molar-refractivity contribution in [3.63, 3.8) is 0 Å². The molecular weight excluding hydrogens is 387 g/mol. The Morgan fingerprint density at radius 2 is 1.82 bits per heavy atom. The van der Waals surface area contributed by atoms with Crippen LogP contribution in [-0.4, -0.2) is 20.9 Å². The van der Waals surface area contributed by atoms with Gasteiger partial charge in [-0.3, -0.25) is 4.79 Å². The zero-order valence-corrected chi connectivity index (χ0v) is 16.0. The van der Waals surface area contributed by atoms with Crippen molar-refractivity contribution in [2.75, 3.05) is 0 Å². The van der Waals surface area contributed by atoms with Crippen LogP contribution in [0, 0.1) is 34.5 Å². The number of Topliss-reactive ketones (excluding diaryl/α,β-unsaturated/α-hetero) is 1. The lowest BCUT2D eigenvalue weighted by Gasteiger charge is -2.60. The van der Waals surface area contributed by atoms with Crippen molar-refractivity contribution < 1.29 is 9.90 Å². The molecular formula is C19H29IO2. The van der Waals surface area contributed by atoms with E-state index in [4.69, 9.17) is 0 Å². The van der Waals surface area contributed by atoms with Gasteiger partial charge < -0.3 is 5.11 Å². The molecule has 3 heteroatoms. The first-order valence-electron chi connectivity index (χ1n) is 9.23. The molecule has 0 aromatic carbocycles. The molecule has 0 bridgehead atoms. The summed E-state index contributed by atoms with van der Waals surface area (Å²) in [6.45, 7) is 4.79. The third-order valence-corrected chi connectivity index (χ3v) is 9.41. The largest absolute Gasteiger partial charge is 0.393 e. The Morgan fingerprint density at radius 1 is 1.05 bits per heavy atom. The van der Waals surface area contributed by atoms with Crippen LogP contribution in [0.2, 0.25) is 0 Å². The molecule has 0 amide bonds. The maximum atomic E-state index is 12.7.